The predicted octanol–water partition coefficient (Wildman–Crippen LogP) is 2.68. The summed E-state index contributed by atoms with van der Waals surface area (Å²) in [6.07, 6.45) is 3.09. The van der Waals surface area contributed by atoms with Gasteiger partial charge in [-0.05, 0) is 12.1 Å². The molecule has 2 amide bonds. The number of amides is 2. The Kier molecular flexibility index (Phi) is 5.15. The van der Waals surface area contributed by atoms with E-state index in [1.165, 1.54) is 4.90 Å². The van der Waals surface area contributed by atoms with Gasteiger partial charge in [0.25, 0.3) is 0 Å². The Morgan fingerprint density at radius 3 is 2.30 bits per heavy atom. The Morgan fingerprint density at radius 2 is 1.65 bits per heavy atom. The van der Waals surface area contributed by atoms with Crippen molar-refractivity contribution in [3.8, 4) is 5.75 Å². The molecule has 0 saturated heterocycles. The number of benzene rings is 2. The van der Waals surface area contributed by atoms with Crippen LogP contribution in [0.4, 0.5) is 5.69 Å². The molecule has 0 unspecified atom stereocenters. The van der Waals surface area contributed by atoms with Crippen molar-refractivity contribution in [2.75, 3.05) is 18.4 Å². The quantitative estimate of drug-likeness (QED) is 0.659. The molecule has 0 spiro atoms. The highest BCUT2D eigenvalue weighted by Crippen LogP contribution is 2.29. The maximum absolute atomic E-state index is 12.2. The number of fused-ring (bicyclic) bond motifs is 1. The molecule has 0 aliphatic heterocycles. The van der Waals surface area contributed by atoms with E-state index in [-0.39, 0.29) is 18.8 Å². The van der Waals surface area contributed by atoms with Gasteiger partial charge in [0.1, 0.15) is 5.75 Å². The smallest absolute Gasteiger partial charge is 0.313 e. The summed E-state index contributed by atoms with van der Waals surface area (Å²) in [5.41, 5.74) is 0.467. The molecule has 0 aliphatic rings. The molecule has 0 bridgehead atoms. The lowest BCUT2D eigenvalue weighted by atomic mass is 10.1. The molecule has 0 fully saturated rings. The van der Waals surface area contributed by atoms with E-state index in [0.29, 0.717) is 16.5 Å². The van der Waals surface area contributed by atoms with Gasteiger partial charge in [-0.15, -0.1) is 13.2 Å². The fourth-order valence-electron chi connectivity index (χ4n) is 2.27. The van der Waals surface area contributed by atoms with E-state index < -0.39 is 11.8 Å². The van der Waals surface area contributed by atoms with Crippen LogP contribution in [0.5, 0.6) is 5.75 Å². The third-order valence-electron chi connectivity index (χ3n) is 3.33. The normalized spacial score (nSPS) is 10.1. The van der Waals surface area contributed by atoms with Crippen LogP contribution in [-0.4, -0.2) is 34.9 Å². The number of aromatic hydroxyl groups is 1. The Morgan fingerprint density at radius 1 is 1.04 bits per heavy atom. The number of rotatable bonds is 5. The van der Waals surface area contributed by atoms with Gasteiger partial charge in [0.05, 0.1) is 0 Å². The van der Waals surface area contributed by atoms with Crippen molar-refractivity contribution in [3.63, 3.8) is 0 Å². The highest BCUT2D eigenvalue weighted by molar-refractivity contribution is 6.40. The molecule has 0 atom stereocenters. The number of nitrogens with zero attached hydrogens (tertiary/aromatic N) is 1. The first-order valence-electron chi connectivity index (χ1n) is 7.11. The van der Waals surface area contributed by atoms with Gasteiger partial charge in [0.2, 0.25) is 0 Å². The van der Waals surface area contributed by atoms with Crippen molar-refractivity contribution in [3.05, 3.63) is 61.7 Å². The minimum atomic E-state index is -0.746. The van der Waals surface area contributed by atoms with Gasteiger partial charge in [0, 0.05) is 29.5 Å². The Balaban J connectivity index is 2.26. The first-order chi connectivity index (χ1) is 11.1. The summed E-state index contributed by atoms with van der Waals surface area (Å²) < 4.78 is 0. The summed E-state index contributed by atoms with van der Waals surface area (Å²) in [6.45, 7) is 7.66. The van der Waals surface area contributed by atoms with Gasteiger partial charge in [-0.1, -0.05) is 36.4 Å². The topological polar surface area (TPSA) is 69.6 Å². The lowest BCUT2D eigenvalue weighted by Crippen LogP contribution is -2.39. The molecule has 23 heavy (non-hydrogen) atoms. The Hall–Kier alpha value is -3.08. The number of anilines is 1. The zero-order valence-corrected chi connectivity index (χ0v) is 12.7. The SMILES string of the molecule is C=CCN(CC=C)C(=O)C(=O)Nc1cccc2c(O)cccc12. The van der Waals surface area contributed by atoms with E-state index in [1.807, 2.05) is 0 Å². The summed E-state index contributed by atoms with van der Waals surface area (Å²) in [7, 11) is 0. The van der Waals surface area contributed by atoms with Crippen molar-refractivity contribution in [1.82, 2.24) is 4.90 Å². The van der Waals surface area contributed by atoms with E-state index in [0.717, 1.165) is 0 Å². The fraction of sp³-hybridized carbons (Fsp3) is 0.111. The van der Waals surface area contributed by atoms with Crippen LogP contribution in [0, 0.1) is 0 Å². The highest BCUT2D eigenvalue weighted by atomic mass is 16.3. The van der Waals surface area contributed by atoms with Gasteiger partial charge in [-0.25, -0.2) is 0 Å². The van der Waals surface area contributed by atoms with Gasteiger partial charge in [0.15, 0.2) is 0 Å². The number of carbonyl (C=O) groups is 2. The van der Waals surface area contributed by atoms with Crippen molar-refractivity contribution < 1.29 is 14.7 Å². The zero-order valence-electron chi connectivity index (χ0n) is 12.7. The van der Waals surface area contributed by atoms with Crippen LogP contribution in [0.25, 0.3) is 10.8 Å². The molecule has 0 heterocycles. The van der Waals surface area contributed by atoms with Gasteiger partial charge in [-0.2, -0.15) is 0 Å². The van der Waals surface area contributed by atoms with Crippen LogP contribution >= 0.6 is 0 Å². The molecular weight excluding hydrogens is 292 g/mol. The summed E-state index contributed by atoms with van der Waals surface area (Å²) in [5.74, 6) is -1.30. The third-order valence-corrected chi connectivity index (χ3v) is 3.33. The summed E-state index contributed by atoms with van der Waals surface area (Å²) >= 11 is 0. The minimum Gasteiger partial charge on any atom is -0.507 e. The predicted molar refractivity (Wildman–Crippen MR) is 91.2 cm³/mol. The molecule has 0 aromatic heterocycles. The van der Waals surface area contributed by atoms with Crippen molar-refractivity contribution >= 4 is 28.3 Å². The van der Waals surface area contributed by atoms with Crippen LogP contribution in [0.1, 0.15) is 0 Å². The van der Waals surface area contributed by atoms with Crippen molar-refractivity contribution in [2.24, 2.45) is 0 Å². The summed E-state index contributed by atoms with van der Waals surface area (Å²) in [6, 6.07) is 10.1. The second-order valence-corrected chi connectivity index (χ2v) is 4.92. The van der Waals surface area contributed by atoms with E-state index in [9.17, 15) is 14.7 Å². The summed E-state index contributed by atoms with van der Waals surface area (Å²) in [5, 5.41) is 13.7. The van der Waals surface area contributed by atoms with Crippen LogP contribution in [-0.2, 0) is 9.59 Å². The van der Waals surface area contributed by atoms with Crippen LogP contribution in [0.3, 0.4) is 0 Å². The lowest BCUT2D eigenvalue weighted by molar-refractivity contribution is -0.142. The second-order valence-electron chi connectivity index (χ2n) is 4.92. The molecule has 5 heteroatoms. The molecule has 0 aliphatic carbocycles. The number of hydrogen-bond acceptors (Lipinski definition) is 3. The van der Waals surface area contributed by atoms with Gasteiger partial charge < -0.3 is 15.3 Å². The zero-order chi connectivity index (χ0) is 16.8. The first kappa shape index (κ1) is 16.3. The average Bonchev–Trinajstić information content (AvgIpc) is 2.55. The van der Waals surface area contributed by atoms with Gasteiger partial charge >= 0.3 is 11.8 Å². The van der Waals surface area contributed by atoms with E-state index in [1.54, 1.807) is 48.6 Å². The molecule has 2 aromatic carbocycles. The van der Waals surface area contributed by atoms with Crippen molar-refractivity contribution in [2.45, 2.75) is 0 Å². The van der Waals surface area contributed by atoms with Crippen LogP contribution in [0.2, 0.25) is 0 Å². The number of hydrogen-bond donors (Lipinski definition) is 2. The van der Waals surface area contributed by atoms with Crippen LogP contribution < -0.4 is 5.32 Å². The lowest BCUT2D eigenvalue weighted by Gasteiger charge is -2.18. The molecule has 2 N–H and O–H groups in total. The van der Waals surface area contributed by atoms with Crippen molar-refractivity contribution in [1.29, 1.82) is 0 Å². The molecular formula is C18H18N2O3. The standard InChI is InChI=1S/C18H18N2O3/c1-3-11-20(12-4-2)18(23)17(22)19-15-9-5-8-14-13(15)7-6-10-16(14)21/h3-10,21H,1-2,11-12H2,(H,19,22). The fourth-order valence-corrected chi connectivity index (χ4v) is 2.27. The van der Waals surface area contributed by atoms with Crippen LogP contribution in [0.15, 0.2) is 61.7 Å². The highest BCUT2D eigenvalue weighted by Gasteiger charge is 2.20. The molecule has 2 aromatic rings. The maximum atomic E-state index is 12.2. The number of phenolic OH excluding ortho intramolecular Hbond substituents is 1. The summed E-state index contributed by atoms with van der Waals surface area (Å²) in [4.78, 5) is 25.7. The van der Waals surface area contributed by atoms with E-state index in [4.69, 9.17) is 0 Å². The van der Waals surface area contributed by atoms with Gasteiger partial charge in [-0.3, -0.25) is 9.59 Å². The maximum Gasteiger partial charge on any atom is 0.313 e. The Labute approximate surface area is 134 Å². The molecule has 118 valence electrons. The largest absolute Gasteiger partial charge is 0.507 e. The number of phenols is 1. The Bertz CT molecular complexity index is 758. The second kappa shape index (κ2) is 7.26. The van der Waals surface area contributed by atoms with E-state index >= 15 is 0 Å². The number of carbonyl (C=O) groups excluding carboxylic acids is 2. The average molecular weight is 310 g/mol. The minimum absolute atomic E-state index is 0.116. The molecule has 0 radical (unpaired) electrons. The molecule has 2 rings (SSSR count). The monoisotopic (exact) mass is 310 g/mol. The van der Waals surface area contributed by atoms with E-state index in [2.05, 4.69) is 18.5 Å². The first-order valence-corrected chi connectivity index (χ1v) is 7.11. The molecule has 0 saturated carbocycles. The third kappa shape index (κ3) is 3.58. The molecule has 5 nitrogen and oxygen atoms in total. The number of nitrogens with one attached hydrogen (secondary N) is 1.